The Labute approximate surface area is 115 Å². The molecule has 0 saturated carbocycles. The molecule has 0 aliphatic carbocycles. The number of aromatic nitrogens is 1. The molecule has 0 bridgehead atoms. The molecule has 0 fully saturated rings. The third kappa shape index (κ3) is 3.00. The van der Waals surface area contributed by atoms with Crippen molar-refractivity contribution in [1.82, 2.24) is 0 Å². The van der Waals surface area contributed by atoms with E-state index in [9.17, 15) is 5.11 Å². The zero-order chi connectivity index (χ0) is 13.1. The van der Waals surface area contributed by atoms with Crippen LogP contribution >= 0.6 is 23.2 Å². The lowest BCUT2D eigenvalue weighted by Crippen LogP contribution is -2.25. The number of phenols is 1. The fourth-order valence-electron chi connectivity index (χ4n) is 1.37. The highest BCUT2D eigenvalue weighted by molar-refractivity contribution is 6.37. The number of aryl methyl sites for hydroxylation is 1. The predicted molar refractivity (Wildman–Crippen MR) is 73.0 cm³/mol. The normalized spacial score (nSPS) is 11.1. The number of rotatable bonds is 2. The zero-order valence-electron chi connectivity index (χ0n) is 9.64. The number of aromatic hydroxyl groups is 1. The van der Waals surface area contributed by atoms with Gasteiger partial charge >= 0.3 is 0 Å². The van der Waals surface area contributed by atoms with E-state index in [1.54, 1.807) is 18.3 Å². The molecule has 1 aromatic heterocycles. The lowest BCUT2D eigenvalue weighted by Gasteiger charge is -2.01. The van der Waals surface area contributed by atoms with Crippen molar-refractivity contribution in [3.05, 3.63) is 52.3 Å². The Kier molecular flexibility index (Phi) is 3.84. The molecule has 0 atom stereocenters. The van der Waals surface area contributed by atoms with Gasteiger partial charge in [0.25, 0.3) is 0 Å². The summed E-state index contributed by atoms with van der Waals surface area (Å²) in [4.78, 5) is 4.25. The Morgan fingerprint density at radius 2 is 1.72 bits per heavy atom. The molecule has 0 spiro atoms. The first kappa shape index (κ1) is 12.9. The molecular weight excluding hydrogens is 271 g/mol. The summed E-state index contributed by atoms with van der Waals surface area (Å²) >= 11 is 11.6. The van der Waals surface area contributed by atoms with Crippen molar-refractivity contribution in [2.75, 3.05) is 0 Å². The summed E-state index contributed by atoms with van der Waals surface area (Å²) in [5.41, 5.74) is 1.56. The third-order valence-corrected chi connectivity index (χ3v) is 2.94. The van der Waals surface area contributed by atoms with Gasteiger partial charge in [0.15, 0.2) is 18.1 Å². The van der Waals surface area contributed by atoms with Crippen LogP contribution in [0.1, 0.15) is 5.56 Å². The number of aliphatic imine (C=N–C) groups is 1. The lowest BCUT2D eigenvalue weighted by molar-refractivity contribution is -0.671. The van der Waals surface area contributed by atoms with Gasteiger partial charge in [0, 0.05) is 23.9 Å². The molecule has 0 saturated heterocycles. The average Bonchev–Trinajstić information content (AvgIpc) is 2.35. The van der Waals surface area contributed by atoms with E-state index in [1.165, 1.54) is 0 Å². The molecule has 3 nitrogen and oxygen atoms in total. The number of benzene rings is 1. The predicted octanol–water partition coefficient (Wildman–Crippen LogP) is 3.27. The summed E-state index contributed by atoms with van der Waals surface area (Å²) in [5, 5.41) is 9.81. The van der Waals surface area contributed by atoms with Crippen molar-refractivity contribution in [3.8, 4) is 5.75 Å². The van der Waals surface area contributed by atoms with Crippen molar-refractivity contribution in [2.45, 2.75) is 0 Å². The van der Waals surface area contributed by atoms with Crippen molar-refractivity contribution in [3.63, 3.8) is 0 Å². The Morgan fingerprint density at radius 1 is 1.17 bits per heavy atom. The van der Waals surface area contributed by atoms with Gasteiger partial charge in [0.2, 0.25) is 0 Å². The topological polar surface area (TPSA) is 36.5 Å². The highest BCUT2D eigenvalue weighted by Gasteiger charge is 2.05. The van der Waals surface area contributed by atoms with Crippen molar-refractivity contribution >= 4 is 35.1 Å². The van der Waals surface area contributed by atoms with Crippen LogP contribution in [0.2, 0.25) is 10.0 Å². The minimum absolute atomic E-state index is 0.121. The van der Waals surface area contributed by atoms with Crippen molar-refractivity contribution < 1.29 is 9.67 Å². The van der Waals surface area contributed by atoms with E-state index in [-0.39, 0.29) is 15.8 Å². The van der Waals surface area contributed by atoms with Crippen molar-refractivity contribution in [2.24, 2.45) is 12.0 Å². The van der Waals surface area contributed by atoms with E-state index in [1.807, 2.05) is 36.1 Å². The largest absolute Gasteiger partial charge is 0.505 e. The zero-order valence-corrected chi connectivity index (χ0v) is 11.2. The van der Waals surface area contributed by atoms with Gasteiger partial charge in [-0.15, -0.1) is 0 Å². The number of pyridine rings is 1. The van der Waals surface area contributed by atoms with Gasteiger partial charge in [-0.2, -0.15) is 0 Å². The molecular formula is C13H11Cl2N2O+. The van der Waals surface area contributed by atoms with Gasteiger partial charge < -0.3 is 5.11 Å². The molecule has 18 heavy (non-hydrogen) atoms. The van der Waals surface area contributed by atoms with Crippen LogP contribution in [0.5, 0.6) is 5.75 Å². The van der Waals surface area contributed by atoms with Crippen LogP contribution < -0.4 is 4.57 Å². The fourth-order valence-corrected chi connectivity index (χ4v) is 1.85. The van der Waals surface area contributed by atoms with Crippen LogP contribution in [-0.4, -0.2) is 11.3 Å². The molecule has 0 aliphatic heterocycles. The first-order chi connectivity index (χ1) is 8.56. The third-order valence-electron chi connectivity index (χ3n) is 2.37. The summed E-state index contributed by atoms with van der Waals surface area (Å²) in [5.74, 6) is -0.121. The molecule has 5 heteroatoms. The van der Waals surface area contributed by atoms with E-state index in [2.05, 4.69) is 4.99 Å². The molecule has 0 aliphatic rings. The Morgan fingerprint density at radius 3 is 2.28 bits per heavy atom. The molecule has 0 unspecified atom stereocenters. The molecule has 2 rings (SSSR count). The standard InChI is InChI=1S/C13H10Cl2N2O/c1-17-4-2-9(3-5-17)8-16-10-6-11(14)13(18)12(15)7-10/h2-8H,1H3/p+1. The number of nitrogens with zero attached hydrogens (tertiary/aromatic N) is 2. The van der Waals surface area contributed by atoms with Gasteiger partial charge in [-0.05, 0) is 12.1 Å². The Bertz CT molecular complexity index is 571. The van der Waals surface area contributed by atoms with Gasteiger partial charge in [-0.1, -0.05) is 23.2 Å². The molecule has 1 aromatic carbocycles. The summed E-state index contributed by atoms with van der Waals surface area (Å²) < 4.78 is 1.94. The van der Waals surface area contributed by atoms with E-state index >= 15 is 0 Å². The summed E-state index contributed by atoms with van der Waals surface area (Å²) in [7, 11) is 1.94. The molecule has 92 valence electrons. The first-order valence-corrected chi connectivity index (χ1v) is 5.99. The van der Waals surface area contributed by atoms with Gasteiger partial charge in [0.05, 0.1) is 15.7 Å². The van der Waals surface area contributed by atoms with E-state index in [0.29, 0.717) is 5.69 Å². The van der Waals surface area contributed by atoms with Crippen LogP contribution in [0.25, 0.3) is 0 Å². The molecule has 0 radical (unpaired) electrons. The number of phenolic OH excluding ortho intramolecular Hbond substituents is 1. The Balaban J connectivity index is 2.26. The maximum absolute atomic E-state index is 9.43. The minimum Gasteiger partial charge on any atom is -0.505 e. The van der Waals surface area contributed by atoms with Gasteiger partial charge in [0.1, 0.15) is 7.05 Å². The average molecular weight is 282 g/mol. The summed E-state index contributed by atoms with van der Waals surface area (Å²) in [6, 6.07) is 6.99. The van der Waals surface area contributed by atoms with Gasteiger partial charge in [-0.25, -0.2) is 4.57 Å². The Hall–Kier alpha value is -1.58. The monoisotopic (exact) mass is 281 g/mol. The van der Waals surface area contributed by atoms with Crippen LogP contribution in [-0.2, 0) is 7.05 Å². The SMILES string of the molecule is C[n+]1ccc(C=Nc2cc(Cl)c(O)c(Cl)c2)cc1. The minimum atomic E-state index is -0.121. The fraction of sp³-hybridized carbons (Fsp3) is 0.0769. The smallest absolute Gasteiger partial charge is 0.169 e. The highest BCUT2D eigenvalue weighted by atomic mass is 35.5. The number of hydrogen-bond donors (Lipinski definition) is 1. The van der Waals surface area contributed by atoms with E-state index < -0.39 is 0 Å². The van der Waals surface area contributed by atoms with E-state index in [4.69, 9.17) is 23.2 Å². The second-order valence-electron chi connectivity index (χ2n) is 3.81. The van der Waals surface area contributed by atoms with Crippen LogP contribution in [0.4, 0.5) is 5.69 Å². The maximum Gasteiger partial charge on any atom is 0.169 e. The molecule has 2 aromatic rings. The molecule has 1 N–H and O–H groups in total. The first-order valence-electron chi connectivity index (χ1n) is 5.23. The molecule has 1 heterocycles. The second-order valence-corrected chi connectivity index (χ2v) is 4.63. The highest BCUT2D eigenvalue weighted by Crippen LogP contribution is 2.35. The summed E-state index contributed by atoms with van der Waals surface area (Å²) in [6.07, 6.45) is 5.56. The second kappa shape index (κ2) is 5.38. The van der Waals surface area contributed by atoms with Crippen LogP contribution in [0.15, 0.2) is 41.7 Å². The quantitative estimate of drug-likeness (QED) is 0.666. The van der Waals surface area contributed by atoms with Crippen LogP contribution in [0.3, 0.4) is 0 Å². The van der Waals surface area contributed by atoms with Crippen molar-refractivity contribution in [1.29, 1.82) is 0 Å². The van der Waals surface area contributed by atoms with Gasteiger partial charge in [-0.3, -0.25) is 4.99 Å². The van der Waals surface area contributed by atoms with E-state index in [0.717, 1.165) is 5.56 Å². The maximum atomic E-state index is 9.43. The number of hydrogen-bond acceptors (Lipinski definition) is 2. The molecule has 0 amide bonds. The lowest BCUT2D eigenvalue weighted by atomic mass is 10.3. The number of halogens is 2. The van der Waals surface area contributed by atoms with Crippen LogP contribution in [0, 0.1) is 0 Å². The summed E-state index contributed by atoms with van der Waals surface area (Å²) in [6.45, 7) is 0.